The Labute approximate surface area is 129 Å². The first-order valence-electron chi connectivity index (χ1n) is 8.34. The summed E-state index contributed by atoms with van der Waals surface area (Å²) in [7, 11) is 0. The minimum Gasteiger partial charge on any atom is -0.379 e. The molecule has 0 aliphatic carbocycles. The number of ether oxygens (including phenoxy) is 1. The van der Waals surface area contributed by atoms with E-state index in [1.54, 1.807) is 0 Å². The van der Waals surface area contributed by atoms with Gasteiger partial charge < -0.3 is 15.4 Å². The molecule has 1 fully saturated rings. The van der Waals surface area contributed by atoms with Crippen molar-refractivity contribution in [2.75, 3.05) is 39.4 Å². The SMILES string of the molecule is CCNC(C)CC(=O)NCC(CC(C)C)N1CCOCC1. The lowest BCUT2D eigenvalue weighted by Gasteiger charge is -2.35. The number of hydrogen-bond donors (Lipinski definition) is 2. The summed E-state index contributed by atoms with van der Waals surface area (Å²) in [6.07, 6.45) is 1.66. The maximum absolute atomic E-state index is 12.0. The number of amides is 1. The highest BCUT2D eigenvalue weighted by Gasteiger charge is 2.22. The highest BCUT2D eigenvalue weighted by atomic mass is 16.5. The van der Waals surface area contributed by atoms with Crippen molar-refractivity contribution >= 4 is 5.91 Å². The number of morpholine rings is 1. The molecule has 5 nitrogen and oxygen atoms in total. The van der Waals surface area contributed by atoms with Crippen molar-refractivity contribution < 1.29 is 9.53 Å². The Balaban J connectivity index is 2.39. The van der Waals surface area contributed by atoms with Crippen molar-refractivity contribution in [2.45, 2.75) is 52.6 Å². The summed E-state index contributed by atoms with van der Waals surface area (Å²) >= 11 is 0. The number of carbonyl (C=O) groups is 1. The lowest BCUT2D eigenvalue weighted by atomic mass is 10.0. The molecule has 124 valence electrons. The molecule has 0 aromatic rings. The summed E-state index contributed by atoms with van der Waals surface area (Å²) in [6.45, 7) is 13.8. The Morgan fingerprint density at radius 3 is 2.48 bits per heavy atom. The van der Waals surface area contributed by atoms with E-state index >= 15 is 0 Å². The number of rotatable bonds is 9. The summed E-state index contributed by atoms with van der Waals surface area (Å²) in [5, 5.41) is 6.39. The van der Waals surface area contributed by atoms with Crippen LogP contribution in [0.15, 0.2) is 0 Å². The average molecular weight is 299 g/mol. The fourth-order valence-corrected chi connectivity index (χ4v) is 2.85. The molecule has 1 amide bonds. The van der Waals surface area contributed by atoms with Crippen LogP contribution < -0.4 is 10.6 Å². The smallest absolute Gasteiger partial charge is 0.221 e. The molecule has 1 saturated heterocycles. The molecule has 21 heavy (non-hydrogen) atoms. The van der Waals surface area contributed by atoms with Crippen LogP contribution in [-0.2, 0) is 9.53 Å². The van der Waals surface area contributed by atoms with Crippen LogP contribution in [0.5, 0.6) is 0 Å². The third-order valence-electron chi connectivity index (χ3n) is 3.88. The molecule has 0 radical (unpaired) electrons. The van der Waals surface area contributed by atoms with Gasteiger partial charge in [0.25, 0.3) is 0 Å². The molecule has 0 aromatic carbocycles. The highest BCUT2D eigenvalue weighted by molar-refractivity contribution is 5.76. The molecule has 0 saturated carbocycles. The Morgan fingerprint density at radius 1 is 1.24 bits per heavy atom. The molecule has 2 atom stereocenters. The van der Waals surface area contributed by atoms with Crippen LogP contribution in [0.2, 0.25) is 0 Å². The molecule has 1 heterocycles. The number of carbonyl (C=O) groups excluding carboxylic acids is 1. The van der Waals surface area contributed by atoms with Crippen LogP contribution in [0.4, 0.5) is 0 Å². The van der Waals surface area contributed by atoms with Gasteiger partial charge in [-0.25, -0.2) is 0 Å². The standard InChI is InChI=1S/C16H33N3O2/c1-5-17-14(4)11-16(20)18-12-15(10-13(2)3)19-6-8-21-9-7-19/h13-15,17H,5-12H2,1-4H3,(H,18,20). The van der Waals surface area contributed by atoms with Crippen LogP contribution >= 0.6 is 0 Å². The van der Waals surface area contributed by atoms with Gasteiger partial charge in [-0.05, 0) is 25.8 Å². The minimum absolute atomic E-state index is 0.144. The van der Waals surface area contributed by atoms with Gasteiger partial charge in [0.05, 0.1) is 13.2 Å². The molecule has 2 unspecified atom stereocenters. The van der Waals surface area contributed by atoms with Crippen molar-refractivity contribution in [3.05, 3.63) is 0 Å². The van der Waals surface area contributed by atoms with Crippen molar-refractivity contribution in [3.63, 3.8) is 0 Å². The summed E-state index contributed by atoms with van der Waals surface area (Å²) in [4.78, 5) is 14.5. The van der Waals surface area contributed by atoms with E-state index in [1.807, 2.05) is 0 Å². The van der Waals surface area contributed by atoms with Crippen LogP contribution in [-0.4, -0.2) is 62.3 Å². The maximum atomic E-state index is 12.0. The van der Waals surface area contributed by atoms with Gasteiger partial charge in [-0.15, -0.1) is 0 Å². The van der Waals surface area contributed by atoms with Gasteiger partial charge in [-0.3, -0.25) is 9.69 Å². The van der Waals surface area contributed by atoms with Crippen LogP contribution in [0.3, 0.4) is 0 Å². The quantitative estimate of drug-likeness (QED) is 0.672. The van der Waals surface area contributed by atoms with Crippen molar-refractivity contribution in [1.82, 2.24) is 15.5 Å². The Morgan fingerprint density at radius 2 is 1.90 bits per heavy atom. The second kappa shape index (κ2) is 10.1. The molecular formula is C16H33N3O2. The number of hydrogen-bond acceptors (Lipinski definition) is 4. The molecule has 2 N–H and O–H groups in total. The van der Waals surface area contributed by atoms with E-state index < -0.39 is 0 Å². The molecule has 1 aliphatic heterocycles. The van der Waals surface area contributed by atoms with Crippen molar-refractivity contribution in [2.24, 2.45) is 5.92 Å². The van der Waals surface area contributed by atoms with E-state index in [0.29, 0.717) is 18.4 Å². The van der Waals surface area contributed by atoms with E-state index in [2.05, 4.69) is 43.2 Å². The number of nitrogens with zero attached hydrogens (tertiary/aromatic N) is 1. The van der Waals surface area contributed by atoms with Gasteiger partial charge in [0.15, 0.2) is 0 Å². The summed E-state index contributed by atoms with van der Waals surface area (Å²) in [5.41, 5.74) is 0. The summed E-state index contributed by atoms with van der Waals surface area (Å²) < 4.78 is 5.42. The topological polar surface area (TPSA) is 53.6 Å². The summed E-state index contributed by atoms with van der Waals surface area (Å²) in [6, 6.07) is 0.661. The lowest BCUT2D eigenvalue weighted by molar-refractivity contribution is -0.121. The number of nitrogens with one attached hydrogen (secondary N) is 2. The molecule has 0 bridgehead atoms. The van der Waals surface area contributed by atoms with Gasteiger partial charge in [0, 0.05) is 38.1 Å². The van der Waals surface area contributed by atoms with E-state index in [0.717, 1.165) is 45.8 Å². The predicted molar refractivity (Wildman–Crippen MR) is 86.4 cm³/mol. The lowest BCUT2D eigenvalue weighted by Crippen LogP contribution is -2.49. The molecule has 0 aromatic heterocycles. The van der Waals surface area contributed by atoms with Crippen molar-refractivity contribution in [3.8, 4) is 0 Å². The molecular weight excluding hydrogens is 266 g/mol. The minimum atomic E-state index is 0.144. The fraction of sp³-hybridized carbons (Fsp3) is 0.938. The first-order chi connectivity index (χ1) is 10.0. The monoisotopic (exact) mass is 299 g/mol. The fourth-order valence-electron chi connectivity index (χ4n) is 2.85. The maximum Gasteiger partial charge on any atom is 0.221 e. The van der Waals surface area contributed by atoms with Gasteiger partial charge in [-0.1, -0.05) is 20.8 Å². The van der Waals surface area contributed by atoms with Gasteiger partial charge >= 0.3 is 0 Å². The van der Waals surface area contributed by atoms with Crippen LogP contribution in [0.25, 0.3) is 0 Å². The first kappa shape index (κ1) is 18.4. The largest absolute Gasteiger partial charge is 0.379 e. The third kappa shape index (κ3) is 7.79. The highest BCUT2D eigenvalue weighted by Crippen LogP contribution is 2.13. The zero-order valence-electron chi connectivity index (χ0n) is 14.2. The summed E-state index contributed by atoms with van der Waals surface area (Å²) in [5.74, 6) is 0.779. The normalized spacial score (nSPS) is 19.5. The second-order valence-electron chi connectivity index (χ2n) is 6.40. The predicted octanol–water partition coefficient (Wildman–Crippen LogP) is 1.24. The van der Waals surface area contributed by atoms with E-state index in [-0.39, 0.29) is 11.9 Å². The average Bonchev–Trinajstić information content (AvgIpc) is 2.44. The van der Waals surface area contributed by atoms with E-state index in [1.165, 1.54) is 0 Å². The van der Waals surface area contributed by atoms with Gasteiger partial charge in [0.2, 0.25) is 5.91 Å². The second-order valence-corrected chi connectivity index (χ2v) is 6.40. The Bertz CT molecular complexity index is 291. The Kier molecular flexibility index (Phi) is 8.88. The Hall–Kier alpha value is -0.650. The van der Waals surface area contributed by atoms with Gasteiger partial charge in [0.1, 0.15) is 0 Å². The van der Waals surface area contributed by atoms with Crippen LogP contribution in [0.1, 0.15) is 40.5 Å². The zero-order chi connectivity index (χ0) is 15.7. The first-order valence-corrected chi connectivity index (χ1v) is 8.34. The zero-order valence-corrected chi connectivity index (χ0v) is 14.2. The molecule has 5 heteroatoms. The molecule has 0 spiro atoms. The van der Waals surface area contributed by atoms with Crippen LogP contribution in [0, 0.1) is 5.92 Å². The molecule has 1 rings (SSSR count). The third-order valence-corrected chi connectivity index (χ3v) is 3.88. The van der Waals surface area contributed by atoms with Crippen molar-refractivity contribution in [1.29, 1.82) is 0 Å². The molecule has 1 aliphatic rings. The van der Waals surface area contributed by atoms with E-state index in [4.69, 9.17) is 4.74 Å². The van der Waals surface area contributed by atoms with E-state index in [9.17, 15) is 4.79 Å². The van der Waals surface area contributed by atoms with Gasteiger partial charge in [-0.2, -0.15) is 0 Å².